The van der Waals surface area contributed by atoms with Gasteiger partial charge in [-0.2, -0.15) is 0 Å². The van der Waals surface area contributed by atoms with Gasteiger partial charge in [-0.05, 0) is 25.3 Å². The summed E-state index contributed by atoms with van der Waals surface area (Å²) in [5, 5.41) is 8.61. The van der Waals surface area contributed by atoms with Crippen LogP contribution in [-0.4, -0.2) is 30.9 Å². The molecule has 1 aromatic rings. The summed E-state index contributed by atoms with van der Waals surface area (Å²) in [4.78, 5) is 23.3. The average molecular weight is 305 g/mol. The highest BCUT2D eigenvalue weighted by Crippen LogP contribution is 2.20. The molecule has 0 spiro atoms. The van der Waals surface area contributed by atoms with Gasteiger partial charge in [-0.15, -0.1) is 0 Å². The smallest absolute Gasteiger partial charge is 0.239 e. The van der Waals surface area contributed by atoms with Crippen molar-refractivity contribution < 1.29 is 9.59 Å². The summed E-state index contributed by atoms with van der Waals surface area (Å²) >= 11 is 0. The van der Waals surface area contributed by atoms with Crippen LogP contribution in [0.1, 0.15) is 39.3 Å². The lowest BCUT2D eigenvalue weighted by molar-refractivity contribution is -0.126. The van der Waals surface area contributed by atoms with Gasteiger partial charge in [0.15, 0.2) is 0 Å². The van der Waals surface area contributed by atoms with Crippen LogP contribution in [0.25, 0.3) is 0 Å². The molecular weight excluding hydrogens is 278 g/mol. The van der Waals surface area contributed by atoms with Gasteiger partial charge in [-0.25, -0.2) is 0 Å². The summed E-state index contributed by atoms with van der Waals surface area (Å²) in [5.41, 5.74) is 1.16. The van der Waals surface area contributed by atoms with Crippen LogP contribution in [0, 0.1) is 5.92 Å². The molecule has 0 fully saturated rings. The van der Waals surface area contributed by atoms with E-state index in [0.717, 1.165) is 5.56 Å². The van der Waals surface area contributed by atoms with Crippen molar-refractivity contribution in [1.29, 1.82) is 0 Å². The van der Waals surface area contributed by atoms with Crippen molar-refractivity contribution in [3.8, 4) is 0 Å². The van der Waals surface area contributed by atoms with Crippen LogP contribution in [0.5, 0.6) is 0 Å². The van der Waals surface area contributed by atoms with Crippen molar-refractivity contribution in [2.75, 3.05) is 13.1 Å². The number of hydrogen-bond donors (Lipinski definition) is 3. The number of nitrogens with one attached hydrogen (secondary N) is 3. The molecule has 0 unspecified atom stereocenters. The summed E-state index contributed by atoms with van der Waals surface area (Å²) in [5.74, 6) is 0.00625. The Morgan fingerprint density at radius 3 is 2.14 bits per heavy atom. The van der Waals surface area contributed by atoms with Crippen LogP contribution < -0.4 is 16.0 Å². The molecule has 5 heteroatoms. The first-order valence-corrected chi connectivity index (χ1v) is 7.74. The predicted molar refractivity (Wildman–Crippen MR) is 88.3 cm³/mol. The van der Waals surface area contributed by atoms with Gasteiger partial charge in [0.05, 0.1) is 13.1 Å². The zero-order chi connectivity index (χ0) is 16.5. The fourth-order valence-corrected chi connectivity index (χ4v) is 2.22. The Kier molecular flexibility index (Phi) is 7.60. The Morgan fingerprint density at radius 1 is 0.955 bits per heavy atom. The lowest BCUT2D eigenvalue weighted by Gasteiger charge is -2.22. The first-order valence-electron chi connectivity index (χ1n) is 7.74. The molecule has 0 radical (unpaired) electrons. The number of carbonyl (C=O) groups excluding carboxylic acids is 2. The second kappa shape index (κ2) is 9.20. The number of carbonyl (C=O) groups is 2. The SMILES string of the molecule is CC(C)NC(=O)CNC(=O)CN[C@@H](c1ccccc1)C(C)C. The number of hydrogen-bond acceptors (Lipinski definition) is 3. The first kappa shape index (κ1) is 18.2. The summed E-state index contributed by atoms with van der Waals surface area (Å²) in [7, 11) is 0. The van der Waals surface area contributed by atoms with Crippen LogP contribution in [0.15, 0.2) is 30.3 Å². The molecule has 0 bridgehead atoms. The van der Waals surface area contributed by atoms with Gasteiger partial charge in [-0.1, -0.05) is 44.2 Å². The summed E-state index contributed by atoms with van der Waals surface area (Å²) in [6, 6.07) is 10.2. The van der Waals surface area contributed by atoms with Crippen LogP contribution in [0.2, 0.25) is 0 Å². The van der Waals surface area contributed by atoms with Crippen molar-refractivity contribution in [2.45, 2.75) is 39.8 Å². The molecule has 3 N–H and O–H groups in total. The Morgan fingerprint density at radius 2 is 1.59 bits per heavy atom. The Hall–Kier alpha value is -1.88. The average Bonchev–Trinajstić information content (AvgIpc) is 2.45. The quantitative estimate of drug-likeness (QED) is 0.683. The van der Waals surface area contributed by atoms with E-state index in [1.807, 2.05) is 44.2 Å². The van der Waals surface area contributed by atoms with Crippen molar-refractivity contribution in [1.82, 2.24) is 16.0 Å². The molecule has 122 valence electrons. The molecule has 1 rings (SSSR count). The zero-order valence-corrected chi connectivity index (χ0v) is 13.8. The highest BCUT2D eigenvalue weighted by atomic mass is 16.2. The maximum atomic E-state index is 11.8. The molecule has 5 nitrogen and oxygen atoms in total. The second-order valence-electron chi connectivity index (χ2n) is 6.01. The van der Waals surface area contributed by atoms with Gasteiger partial charge in [0.1, 0.15) is 0 Å². The molecule has 22 heavy (non-hydrogen) atoms. The maximum absolute atomic E-state index is 11.8. The van der Waals surface area contributed by atoms with Gasteiger partial charge < -0.3 is 16.0 Å². The minimum atomic E-state index is -0.180. The third kappa shape index (κ3) is 6.72. The highest BCUT2D eigenvalue weighted by molar-refractivity contribution is 5.85. The number of benzene rings is 1. The van der Waals surface area contributed by atoms with E-state index in [4.69, 9.17) is 0 Å². The summed E-state index contributed by atoms with van der Waals surface area (Å²) in [6.45, 7) is 8.18. The molecule has 0 aliphatic carbocycles. The van der Waals surface area contributed by atoms with Gasteiger partial charge in [0.2, 0.25) is 11.8 Å². The largest absolute Gasteiger partial charge is 0.352 e. The fraction of sp³-hybridized carbons (Fsp3) is 0.529. The van der Waals surface area contributed by atoms with Gasteiger partial charge in [-0.3, -0.25) is 9.59 Å². The minimum Gasteiger partial charge on any atom is -0.352 e. The first-order chi connectivity index (χ1) is 10.4. The number of amides is 2. The maximum Gasteiger partial charge on any atom is 0.239 e. The van der Waals surface area contributed by atoms with E-state index in [2.05, 4.69) is 29.8 Å². The van der Waals surface area contributed by atoms with Crippen molar-refractivity contribution >= 4 is 11.8 Å². The Balaban J connectivity index is 2.42. The van der Waals surface area contributed by atoms with Crippen LogP contribution in [0.3, 0.4) is 0 Å². The predicted octanol–water partition coefficient (Wildman–Crippen LogP) is 1.61. The third-order valence-electron chi connectivity index (χ3n) is 3.20. The van der Waals surface area contributed by atoms with Gasteiger partial charge in [0.25, 0.3) is 0 Å². The van der Waals surface area contributed by atoms with E-state index in [-0.39, 0.29) is 37.0 Å². The van der Waals surface area contributed by atoms with Gasteiger partial charge in [0, 0.05) is 12.1 Å². The second-order valence-corrected chi connectivity index (χ2v) is 6.01. The lowest BCUT2D eigenvalue weighted by Crippen LogP contribution is -2.43. The van der Waals surface area contributed by atoms with Crippen LogP contribution in [-0.2, 0) is 9.59 Å². The van der Waals surface area contributed by atoms with E-state index >= 15 is 0 Å². The molecule has 0 saturated carbocycles. The van der Waals surface area contributed by atoms with E-state index < -0.39 is 0 Å². The van der Waals surface area contributed by atoms with E-state index in [1.54, 1.807) is 0 Å². The monoisotopic (exact) mass is 305 g/mol. The molecule has 0 aromatic heterocycles. The molecule has 2 amide bonds. The van der Waals surface area contributed by atoms with Crippen molar-refractivity contribution in [2.24, 2.45) is 5.92 Å². The van der Waals surface area contributed by atoms with E-state index in [9.17, 15) is 9.59 Å². The summed E-state index contributed by atoms with van der Waals surface area (Å²) < 4.78 is 0. The molecular formula is C17H27N3O2. The lowest BCUT2D eigenvalue weighted by atomic mass is 9.96. The fourth-order valence-electron chi connectivity index (χ4n) is 2.22. The van der Waals surface area contributed by atoms with Crippen molar-refractivity contribution in [3.05, 3.63) is 35.9 Å². The topological polar surface area (TPSA) is 70.2 Å². The highest BCUT2D eigenvalue weighted by Gasteiger charge is 2.16. The van der Waals surface area contributed by atoms with E-state index in [0.29, 0.717) is 5.92 Å². The molecule has 0 heterocycles. The van der Waals surface area contributed by atoms with Crippen LogP contribution >= 0.6 is 0 Å². The van der Waals surface area contributed by atoms with Crippen LogP contribution in [0.4, 0.5) is 0 Å². The zero-order valence-electron chi connectivity index (χ0n) is 13.8. The van der Waals surface area contributed by atoms with Gasteiger partial charge >= 0.3 is 0 Å². The minimum absolute atomic E-state index is 0.0103. The third-order valence-corrected chi connectivity index (χ3v) is 3.20. The Bertz CT molecular complexity index is 472. The normalized spacial score (nSPS) is 12.3. The number of rotatable bonds is 8. The molecule has 1 atom stereocenters. The molecule has 0 aliphatic heterocycles. The van der Waals surface area contributed by atoms with E-state index in [1.165, 1.54) is 0 Å². The van der Waals surface area contributed by atoms with Crippen molar-refractivity contribution in [3.63, 3.8) is 0 Å². The Labute approximate surface area is 132 Å². The summed E-state index contributed by atoms with van der Waals surface area (Å²) in [6.07, 6.45) is 0. The molecule has 0 saturated heterocycles. The molecule has 0 aliphatic rings. The standard InChI is InChI=1S/C17H27N3O2/c1-12(2)17(14-8-6-5-7-9-14)19-10-15(21)18-11-16(22)20-13(3)4/h5-9,12-13,17,19H,10-11H2,1-4H3,(H,18,21)(H,20,22)/t17-/m1/s1. The molecule has 1 aromatic carbocycles.